The number of thiocarbonyl (C=S) groups is 1. The lowest BCUT2D eigenvalue weighted by molar-refractivity contribution is -0.137. The van der Waals surface area contributed by atoms with E-state index in [9.17, 15) is 4.79 Å². The molecule has 2 unspecified atom stereocenters. The van der Waals surface area contributed by atoms with Gasteiger partial charge >= 0.3 is 5.97 Å². The van der Waals surface area contributed by atoms with Crippen LogP contribution in [0.5, 0.6) is 0 Å². The van der Waals surface area contributed by atoms with Crippen molar-refractivity contribution in [3.63, 3.8) is 0 Å². The predicted octanol–water partition coefficient (Wildman–Crippen LogP) is 2.10. The molecular formula is C13H16BrN3O2S. The Balaban J connectivity index is 2.17. The van der Waals surface area contributed by atoms with Crippen molar-refractivity contribution in [3.05, 3.63) is 34.3 Å². The minimum Gasteiger partial charge on any atom is -0.481 e. The SMILES string of the molecule is CC1(CC(CC(=O)O)c2ccc(Br)cc2)NNC(=S)N1. The van der Waals surface area contributed by atoms with Crippen LogP contribution in [0.3, 0.4) is 0 Å². The number of carboxylic acid groups (broad SMARTS) is 1. The summed E-state index contributed by atoms with van der Waals surface area (Å²) in [4.78, 5) is 11.1. The zero-order chi connectivity index (χ0) is 14.8. The molecule has 1 aromatic carbocycles. The number of carboxylic acids is 1. The van der Waals surface area contributed by atoms with Gasteiger partial charge in [0.2, 0.25) is 0 Å². The standard InChI is InChI=1S/C13H16BrN3O2S/c1-13(15-12(20)16-17-13)7-9(6-11(18)19)8-2-4-10(14)5-3-8/h2-5,9,17H,6-7H2,1H3,(H,18,19)(H2,15,16,20). The molecule has 2 rings (SSSR count). The molecule has 1 heterocycles. The first-order valence-electron chi connectivity index (χ1n) is 6.20. The Labute approximate surface area is 131 Å². The van der Waals surface area contributed by atoms with Crippen LogP contribution in [0.25, 0.3) is 0 Å². The van der Waals surface area contributed by atoms with E-state index < -0.39 is 11.6 Å². The van der Waals surface area contributed by atoms with E-state index in [1.807, 2.05) is 31.2 Å². The summed E-state index contributed by atoms with van der Waals surface area (Å²) in [5, 5.41) is 12.8. The Morgan fingerprint density at radius 1 is 1.45 bits per heavy atom. The summed E-state index contributed by atoms with van der Waals surface area (Å²) < 4.78 is 0.974. The topological polar surface area (TPSA) is 73.4 Å². The third kappa shape index (κ3) is 3.91. The van der Waals surface area contributed by atoms with Gasteiger partial charge in [-0.05, 0) is 49.2 Å². The molecule has 1 aliphatic rings. The maximum absolute atomic E-state index is 11.1. The quantitative estimate of drug-likeness (QED) is 0.605. The predicted molar refractivity (Wildman–Crippen MR) is 84.2 cm³/mol. The number of hydrogen-bond acceptors (Lipinski definition) is 3. The number of aliphatic carboxylic acids is 1. The summed E-state index contributed by atoms with van der Waals surface area (Å²) in [6, 6.07) is 7.74. The van der Waals surface area contributed by atoms with Crippen LogP contribution >= 0.6 is 28.1 Å². The number of halogens is 1. The molecule has 0 spiro atoms. The first-order chi connectivity index (χ1) is 9.38. The van der Waals surface area contributed by atoms with Gasteiger partial charge in [0.25, 0.3) is 0 Å². The third-order valence-electron chi connectivity index (χ3n) is 3.26. The first-order valence-corrected chi connectivity index (χ1v) is 7.41. The Morgan fingerprint density at radius 3 is 2.60 bits per heavy atom. The van der Waals surface area contributed by atoms with E-state index in [0.717, 1.165) is 10.0 Å². The van der Waals surface area contributed by atoms with Crippen molar-refractivity contribution in [2.45, 2.75) is 31.3 Å². The van der Waals surface area contributed by atoms with Crippen molar-refractivity contribution in [1.82, 2.24) is 16.2 Å². The average Bonchev–Trinajstić information content (AvgIpc) is 2.68. The van der Waals surface area contributed by atoms with Crippen LogP contribution in [0.2, 0.25) is 0 Å². The smallest absolute Gasteiger partial charge is 0.303 e. The van der Waals surface area contributed by atoms with E-state index in [1.165, 1.54) is 0 Å². The van der Waals surface area contributed by atoms with Gasteiger partial charge in [-0.1, -0.05) is 28.1 Å². The van der Waals surface area contributed by atoms with Crippen LogP contribution in [0.4, 0.5) is 0 Å². The summed E-state index contributed by atoms with van der Waals surface area (Å²) in [5.41, 5.74) is 6.45. The summed E-state index contributed by atoms with van der Waals surface area (Å²) in [5.74, 6) is -0.914. The second-order valence-corrected chi connectivity index (χ2v) is 6.41. The highest BCUT2D eigenvalue weighted by atomic mass is 79.9. The van der Waals surface area contributed by atoms with Crippen LogP contribution in [0.15, 0.2) is 28.7 Å². The molecule has 20 heavy (non-hydrogen) atoms. The fourth-order valence-corrected chi connectivity index (χ4v) is 2.90. The van der Waals surface area contributed by atoms with Crippen LogP contribution in [-0.2, 0) is 4.79 Å². The highest BCUT2D eigenvalue weighted by Crippen LogP contribution is 2.29. The van der Waals surface area contributed by atoms with E-state index in [-0.39, 0.29) is 12.3 Å². The Kier molecular flexibility index (Phi) is 4.62. The molecule has 2 atom stereocenters. The highest BCUT2D eigenvalue weighted by molar-refractivity contribution is 9.10. The maximum Gasteiger partial charge on any atom is 0.303 e. The van der Waals surface area contributed by atoms with Crippen molar-refractivity contribution < 1.29 is 9.90 Å². The van der Waals surface area contributed by atoms with E-state index in [1.54, 1.807) is 0 Å². The molecule has 0 amide bonds. The largest absolute Gasteiger partial charge is 0.481 e. The summed E-state index contributed by atoms with van der Waals surface area (Å²) in [6.45, 7) is 1.95. The van der Waals surface area contributed by atoms with Crippen molar-refractivity contribution in [3.8, 4) is 0 Å². The van der Waals surface area contributed by atoms with Gasteiger partial charge in [0.05, 0.1) is 6.42 Å². The molecule has 0 aliphatic carbocycles. The lowest BCUT2D eigenvalue weighted by Gasteiger charge is -2.28. The molecule has 0 radical (unpaired) electrons. The van der Waals surface area contributed by atoms with Gasteiger partial charge in [0, 0.05) is 4.47 Å². The lowest BCUT2D eigenvalue weighted by Crippen LogP contribution is -2.48. The Bertz CT molecular complexity index is 523. The van der Waals surface area contributed by atoms with E-state index >= 15 is 0 Å². The van der Waals surface area contributed by atoms with Crippen molar-refractivity contribution >= 4 is 39.2 Å². The van der Waals surface area contributed by atoms with E-state index in [2.05, 4.69) is 32.1 Å². The van der Waals surface area contributed by atoms with Crippen molar-refractivity contribution in [2.24, 2.45) is 0 Å². The number of rotatable bonds is 5. The first kappa shape index (κ1) is 15.2. The van der Waals surface area contributed by atoms with Gasteiger partial charge in [0.15, 0.2) is 5.11 Å². The van der Waals surface area contributed by atoms with Crippen molar-refractivity contribution in [1.29, 1.82) is 0 Å². The van der Waals surface area contributed by atoms with E-state index in [4.69, 9.17) is 17.3 Å². The van der Waals surface area contributed by atoms with Gasteiger partial charge in [-0.2, -0.15) is 0 Å². The van der Waals surface area contributed by atoms with Crippen molar-refractivity contribution in [2.75, 3.05) is 0 Å². The number of benzene rings is 1. The fourth-order valence-electron chi connectivity index (χ4n) is 2.36. The normalized spacial score (nSPS) is 23.0. The molecule has 1 fully saturated rings. The zero-order valence-corrected chi connectivity index (χ0v) is 13.3. The maximum atomic E-state index is 11.1. The van der Waals surface area contributed by atoms with Crippen LogP contribution in [0.1, 0.15) is 31.2 Å². The van der Waals surface area contributed by atoms with Gasteiger partial charge in [-0.15, -0.1) is 0 Å². The average molecular weight is 358 g/mol. The van der Waals surface area contributed by atoms with E-state index in [0.29, 0.717) is 11.5 Å². The second kappa shape index (κ2) is 6.07. The van der Waals surface area contributed by atoms with Crippen LogP contribution in [-0.4, -0.2) is 21.9 Å². The number of carbonyl (C=O) groups is 1. The molecule has 7 heteroatoms. The fraction of sp³-hybridized carbons (Fsp3) is 0.385. The zero-order valence-electron chi connectivity index (χ0n) is 10.9. The van der Waals surface area contributed by atoms with Crippen LogP contribution < -0.4 is 16.2 Å². The monoisotopic (exact) mass is 357 g/mol. The summed E-state index contributed by atoms with van der Waals surface area (Å²) in [7, 11) is 0. The molecule has 0 bridgehead atoms. The van der Waals surface area contributed by atoms with Crippen LogP contribution in [0, 0.1) is 0 Å². The summed E-state index contributed by atoms with van der Waals surface area (Å²) >= 11 is 8.42. The molecule has 1 saturated heterocycles. The molecule has 1 aliphatic heterocycles. The summed E-state index contributed by atoms with van der Waals surface area (Å²) in [6.07, 6.45) is 0.682. The second-order valence-electron chi connectivity index (χ2n) is 5.09. The Hall–Kier alpha value is -1.18. The number of nitrogens with one attached hydrogen (secondary N) is 3. The van der Waals surface area contributed by atoms with Gasteiger partial charge < -0.3 is 10.4 Å². The molecule has 0 saturated carbocycles. The van der Waals surface area contributed by atoms with Gasteiger partial charge in [0.1, 0.15) is 5.66 Å². The van der Waals surface area contributed by atoms with Gasteiger partial charge in [-0.3, -0.25) is 10.2 Å². The lowest BCUT2D eigenvalue weighted by atomic mass is 9.87. The third-order valence-corrected chi connectivity index (χ3v) is 3.99. The molecule has 0 aromatic heterocycles. The number of hydrogen-bond donors (Lipinski definition) is 4. The molecular weight excluding hydrogens is 342 g/mol. The molecule has 108 valence electrons. The minimum atomic E-state index is -0.810. The molecule has 4 N–H and O–H groups in total. The molecule has 1 aromatic rings. The number of hydrazine groups is 1. The highest BCUT2D eigenvalue weighted by Gasteiger charge is 2.34. The Morgan fingerprint density at radius 2 is 2.10 bits per heavy atom. The molecule has 5 nitrogen and oxygen atoms in total. The van der Waals surface area contributed by atoms with Gasteiger partial charge in [-0.25, -0.2) is 5.43 Å². The minimum absolute atomic E-state index is 0.0767.